The van der Waals surface area contributed by atoms with Gasteiger partial charge in [-0.3, -0.25) is 10.2 Å². The highest BCUT2D eigenvalue weighted by Crippen LogP contribution is 2.36. The number of benzene rings is 2. The maximum atomic E-state index is 12.6. The zero-order chi connectivity index (χ0) is 22.3. The van der Waals surface area contributed by atoms with Gasteiger partial charge in [-0.25, -0.2) is 4.98 Å². The number of rotatable bonds is 8. The highest BCUT2D eigenvalue weighted by molar-refractivity contribution is 7.20. The molecule has 4 aromatic rings. The van der Waals surface area contributed by atoms with Crippen molar-refractivity contribution in [3.8, 4) is 22.8 Å². The molecule has 2 aromatic carbocycles. The van der Waals surface area contributed by atoms with Crippen LogP contribution >= 0.6 is 22.7 Å². The fraction of sp³-hybridized carbons (Fsp3) is 0.0870. The lowest BCUT2D eigenvalue weighted by Crippen LogP contribution is -2.09. The molecule has 0 radical (unpaired) electrons. The zero-order valence-electron chi connectivity index (χ0n) is 17.4. The van der Waals surface area contributed by atoms with Crippen molar-refractivity contribution >= 4 is 44.9 Å². The number of para-hydroxylation sites is 1. The number of hydrazone groups is 1. The van der Waals surface area contributed by atoms with Crippen LogP contribution in [0.5, 0.6) is 11.5 Å². The maximum absolute atomic E-state index is 12.6. The second-order valence-electron chi connectivity index (χ2n) is 6.45. The summed E-state index contributed by atoms with van der Waals surface area (Å²) in [5.41, 5.74) is 5.28. The van der Waals surface area contributed by atoms with Crippen LogP contribution in [0.2, 0.25) is 0 Å². The van der Waals surface area contributed by atoms with Crippen molar-refractivity contribution in [1.82, 2.24) is 4.98 Å². The Balaban J connectivity index is 1.59. The molecule has 0 atom stereocenters. The number of methoxy groups -OCH3 is 2. The summed E-state index contributed by atoms with van der Waals surface area (Å²) >= 11 is 2.70. The molecule has 0 bridgehead atoms. The van der Waals surface area contributed by atoms with Gasteiger partial charge in [-0.15, -0.1) is 11.3 Å². The molecule has 0 aliphatic heterocycles. The number of carbonyl (C=O) groups is 1. The smallest absolute Gasteiger partial charge is 0.266 e. The first-order valence-electron chi connectivity index (χ1n) is 9.60. The van der Waals surface area contributed by atoms with Gasteiger partial charge in [0, 0.05) is 11.1 Å². The predicted molar refractivity (Wildman–Crippen MR) is 131 cm³/mol. The number of carbonyl (C=O) groups excluding carboxylic acids is 1. The van der Waals surface area contributed by atoms with E-state index < -0.39 is 0 Å². The van der Waals surface area contributed by atoms with Gasteiger partial charge in [-0.2, -0.15) is 5.10 Å². The minimum absolute atomic E-state index is 0.169. The quantitative estimate of drug-likeness (QED) is 0.262. The number of amides is 1. The average Bonchev–Trinajstić information content (AvgIpc) is 3.50. The van der Waals surface area contributed by atoms with E-state index in [0.29, 0.717) is 32.2 Å². The number of ether oxygens (including phenoxy) is 2. The Morgan fingerprint density at radius 3 is 2.59 bits per heavy atom. The predicted octanol–water partition coefficient (Wildman–Crippen LogP) is 5.59. The first kappa shape index (κ1) is 21.5. The second kappa shape index (κ2) is 10.1. The average molecular weight is 465 g/mol. The highest BCUT2D eigenvalue weighted by atomic mass is 32.1. The number of thiazole rings is 1. The molecule has 9 heteroatoms. The van der Waals surface area contributed by atoms with Gasteiger partial charge in [0.2, 0.25) is 5.13 Å². The van der Waals surface area contributed by atoms with Gasteiger partial charge < -0.3 is 14.8 Å². The van der Waals surface area contributed by atoms with E-state index in [2.05, 4.69) is 20.8 Å². The summed E-state index contributed by atoms with van der Waals surface area (Å²) in [5, 5.41) is 10.3. The summed E-state index contributed by atoms with van der Waals surface area (Å²) in [7, 11) is 3.17. The maximum Gasteiger partial charge on any atom is 0.266 e. The van der Waals surface area contributed by atoms with E-state index in [0.717, 1.165) is 11.1 Å². The van der Waals surface area contributed by atoms with Crippen LogP contribution in [-0.4, -0.2) is 31.3 Å². The van der Waals surface area contributed by atoms with Crippen molar-refractivity contribution < 1.29 is 14.3 Å². The van der Waals surface area contributed by atoms with Crippen molar-refractivity contribution in [3.63, 3.8) is 0 Å². The van der Waals surface area contributed by atoms with Crippen LogP contribution in [0.1, 0.15) is 15.2 Å². The van der Waals surface area contributed by atoms with E-state index >= 15 is 0 Å². The molecule has 0 saturated heterocycles. The number of anilines is 2. The monoisotopic (exact) mass is 464 g/mol. The largest absolute Gasteiger partial charge is 0.493 e. The molecule has 0 aliphatic carbocycles. The minimum atomic E-state index is -0.169. The lowest BCUT2D eigenvalue weighted by Gasteiger charge is -2.09. The lowest BCUT2D eigenvalue weighted by molar-refractivity contribution is 0.103. The number of hydrogen-bond donors (Lipinski definition) is 2. The highest BCUT2D eigenvalue weighted by Gasteiger charge is 2.17. The first-order chi connectivity index (χ1) is 15.7. The molecular formula is C23H20N4O3S2. The summed E-state index contributed by atoms with van der Waals surface area (Å²) < 4.78 is 10.7. The number of nitrogens with zero attached hydrogens (tertiary/aromatic N) is 2. The van der Waals surface area contributed by atoms with Crippen LogP contribution in [0.3, 0.4) is 0 Å². The first-order valence-corrected chi connectivity index (χ1v) is 11.3. The van der Waals surface area contributed by atoms with Crippen molar-refractivity contribution in [2.45, 2.75) is 0 Å². The van der Waals surface area contributed by atoms with E-state index in [1.54, 1.807) is 26.5 Å². The third-order valence-corrected chi connectivity index (χ3v) is 6.19. The van der Waals surface area contributed by atoms with E-state index in [1.165, 1.54) is 22.7 Å². The Labute approximate surface area is 193 Å². The summed E-state index contributed by atoms with van der Waals surface area (Å²) in [6.07, 6.45) is 1.63. The van der Waals surface area contributed by atoms with Gasteiger partial charge in [0.15, 0.2) is 11.5 Å². The van der Waals surface area contributed by atoms with Crippen LogP contribution in [0, 0.1) is 0 Å². The van der Waals surface area contributed by atoms with Crippen molar-refractivity contribution in [3.05, 3.63) is 76.5 Å². The van der Waals surface area contributed by atoms with Gasteiger partial charge >= 0.3 is 0 Å². The number of aromatic nitrogens is 1. The van der Waals surface area contributed by atoms with Crippen molar-refractivity contribution in [2.75, 3.05) is 25.0 Å². The van der Waals surface area contributed by atoms with Crippen molar-refractivity contribution in [2.24, 2.45) is 5.10 Å². The van der Waals surface area contributed by atoms with Gasteiger partial charge in [-0.05, 0) is 23.6 Å². The Hall–Kier alpha value is -3.69. The van der Waals surface area contributed by atoms with E-state index in [-0.39, 0.29) is 5.91 Å². The Kier molecular flexibility index (Phi) is 6.78. The molecule has 2 aromatic heterocycles. The molecule has 2 N–H and O–H groups in total. The summed E-state index contributed by atoms with van der Waals surface area (Å²) in [4.78, 5) is 17.9. The van der Waals surface area contributed by atoms with Crippen LogP contribution in [0.4, 0.5) is 10.1 Å². The van der Waals surface area contributed by atoms with Gasteiger partial charge in [0.1, 0.15) is 10.7 Å². The summed E-state index contributed by atoms with van der Waals surface area (Å²) in [5.74, 6) is 1.04. The normalized spacial score (nSPS) is 10.8. The van der Waals surface area contributed by atoms with E-state index in [4.69, 9.17) is 9.47 Å². The topological polar surface area (TPSA) is 84.8 Å². The third-order valence-electron chi connectivity index (χ3n) is 4.44. The minimum Gasteiger partial charge on any atom is -0.493 e. The number of thiophene rings is 1. The van der Waals surface area contributed by atoms with Gasteiger partial charge in [0.25, 0.3) is 5.91 Å². The second-order valence-corrected chi connectivity index (χ2v) is 8.39. The van der Waals surface area contributed by atoms with Crippen LogP contribution in [-0.2, 0) is 0 Å². The molecule has 0 fully saturated rings. The molecule has 2 heterocycles. The molecule has 0 unspecified atom stereocenters. The molecule has 0 aliphatic rings. The van der Waals surface area contributed by atoms with Crippen LogP contribution in [0.25, 0.3) is 11.3 Å². The Morgan fingerprint density at radius 2 is 1.88 bits per heavy atom. The molecule has 162 valence electrons. The van der Waals surface area contributed by atoms with Crippen molar-refractivity contribution in [1.29, 1.82) is 0 Å². The molecule has 0 spiro atoms. The third kappa shape index (κ3) is 4.79. The number of hydrogen-bond acceptors (Lipinski definition) is 8. The molecule has 0 saturated carbocycles. The van der Waals surface area contributed by atoms with E-state index in [9.17, 15) is 4.79 Å². The SMILES string of the molecule is COc1cccc(C=NNc2nc(-c3ccccc3)c(NC(=O)c3cccs3)s2)c1OC. The summed E-state index contributed by atoms with van der Waals surface area (Å²) in [6, 6.07) is 18.9. The van der Waals surface area contributed by atoms with Crippen LogP contribution in [0.15, 0.2) is 71.1 Å². The molecule has 4 rings (SSSR count). The summed E-state index contributed by atoms with van der Waals surface area (Å²) in [6.45, 7) is 0. The molecule has 7 nitrogen and oxygen atoms in total. The van der Waals surface area contributed by atoms with Crippen LogP contribution < -0.4 is 20.2 Å². The zero-order valence-corrected chi connectivity index (χ0v) is 19.0. The molecule has 32 heavy (non-hydrogen) atoms. The molecular weight excluding hydrogens is 444 g/mol. The molecule has 1 amide bonds. The Bertz CT molecular complexity index is 1220. The fourth-order valence-corrected chi connectivity index (χ4v) is 4.44. The van der Waals surface area contributed by atoms with Gasteiger partial charge in [0.05, 0.1) is 25.3 Å². The van der Waals surface area contributed by atoms with E-state index in [1.807, 2.05) is 60.0 Å². The lowest BCUT2D eigenvalue weighted by atomic mass is 10.2. The van der Waals surface area contributed by atoms with Gasteiger partial charge in [-0.1, -0.05) is 53.8 Å². The fourth-order valence-electron chi connectivity index (χ4n) is 2.99. The number of nitrogens with one attached hydrogen (secondary N) is 2. The standard InChI is InChI=1S/C23H20N4O3S2/c1-29-17-11-6-10-16(20(17)30-2)14-24-27-23-25-19(15-8-4-3-5-9-15)22(32-23)26-21(28)18-12-7-13-31-18/h3-14H,1-2H3,(H,25,27)(H,26,28). The Morgan fingerprint density at radius 1 is 1.03 bits per heavy atom.